The van der Waals surface area contributed by atoms with Crippen LogP contribution in [0.15, 0.2) is 21.9 Å². The van der Waals surface area contributed by atoms with Crippen LogP contribution in [0.3, 0.4) is 0 Å². The number of aliphatic hydroxyl groups excluding tert-OH is 1. The molecule has 0 aromatic carbocycles. The Morgan fingerprint density at radius 2 is 1.50 bits per heavy atom. The topological polar surface area (TPSA) is 76.3 Å². The lowest BCUT2D eigenvalue weighted by Crippen LogP contribution is -2.37. The lowest BCUT2D eigenvalue weighted by Gasteiger charge is -2.11. The van der Waals surface area contributed by atoms with E-state index in [0.717, 1.165) is 45.1 Å². The average molecular weight is 424 g/mol. The largest absolute Gasteiger partial charge is 0.392 e. The number of aryl methyl sites for hydroxylation is 1. The first-order valence-electron chi connectivity index (χ1n) is 12.2. The summed E-state index contributed by atoms with van der Waals surface area (Å²) in [5.41, 5.74) is -0.444. The molecule has 1 atom stereocenters. The van der Waals surface area contributed by atoms with E-state index in [1.165, 1.54) is 72.8 Å². The van der Waals surface area contributed by atoms with Crippen molar-refractivity contribution in [3.63, 3.8) is 0 Å². The first-order chi connectivity index (χ1) is 14.6. The molecule has 174 valence electrons. The van der Waals surface area contributed by atoms with Gasteiger partial charge in [-0.3, -0.25) is 9.36 Å². The molecule has 0 bridgehead atoms. The predicted molar refractivity (Wildman–Crippen MR) is 125 cm³/mol. The van der Waals surface area contributed by atoms with Crippen molar-refractivity contribution in [2.45, 2.75) is 109 Å². The van der Waals surface area contributed by atoms with E-state index in [9.17, 15) is 14.7 Å². The first kappa shape index (κ1) is 26.6. The smallest absolute Gasteiger partial charge is 0.330 e. The molecule has 1 aromatic rings. The summed E-state index contributed by atoms with van der Waals surface area (Å²) in [4.78, 5) is 23.7. The van der Waals surface area contributed by atoms with Crippen LogP contribution in [0.2, 0.25) is 0 Å². The van der Waals surface area contributed by atoms with E-state index >= 15 is 0 Å². The zero-order valence-electron chi connectivity index (χ0n) is 19.4. The van der Waals surface area contributed by atoms with E-state index in [2.05, 4.69) is 12.2 Å². The number of aliphatic hydroxyl groups is 1. The fourth-order valence-corrected chi connectivity index (χ4v) is 3.75. The number of nitrogens with one attached hydrogen (secondary N) is 1. The number of aromatic nitrogens is 2. The van der Waals surface area contributed by atoms with Gasteiger partial charge in [-0.1, -0.05) is 77.6 Å². The molecular formula is C24H45N3O3. The highest BCUT2D eigenvalue weighted by molar-refractivity contribution is 4.85. The van der Waals surface area contributed by atoms with Crippen LogP contribution >= 0.6 is 0 Å². The number of hydrogen-bond donors (Lipinski definition) is 2. The second kappa shape index (κ2) is 17.3. The molecule has 1 unspecified atom stereocenters. The molecule has 0 saturated heterocycles. The van der Waals surface area contributed by atoms with Gasteiger partial charge in [0.25, 0.3) is 5.56 Å². The second-order valence-corrected chi connectivity index (χ2v) is 8.59. The quantitative estimate of drug-likeness (QED) is 0.330. The third-order valence-corrected chi connectivity index (χ3v) is 5.75. The van der Waals surface area contributed by atoms with Gasteiger partial charge in [-0.2, -0.15) is 0 Å². The number of nitrogens with zero attached hydrogens (tertiary/aromatic N) is 2. The summed E-state index contributed by atoms with van der Waals surface area (Å²) in [5.74, 6) is 0. The number of rotatable bonds is 19. The summed E-state index contributed by atoms with van der Waals surface area (Å²) in [6, 6.07) is 1.44. The Kier molecular flexibility index (Phi) is 15.4. The molecule has 1 heterocycles. The summed E-state index contributed by atoms with van der Waals surface area (Å²) >= 11 is 0. The molecule has 0 saturated carbocycles. The molecule has 0 aliphatic heterocycles. The van der Waals surface area contributed by atoms with Crippen LogP contribution in [0.4, 0.5) is 0 Å². The lowest BCUT2D eigenvalue weighted by molar-refractivity contribution is 0.158. The van der Waals surface area contributed by atoms with Crippen molar-refractivity contribution in [1.29, 1.82) is 0 Å². The molecule has 0 aliphatic rings. The Labute approximate surface area is 182 Å². The van der Waals surface area contributed by atoms with Crippen LogP contribution in [0.5, 0.6) is 0 Å². The zero-order chi connectivity index (χ0) is 22.0. The van der Waals surface area contributed by atoms with Crippen LogP contribution in [0, 0.1) is 0 Å². The van der Waals surface area contributed by atoms with E-state index in [4.69, 9.17) is 0 Å². The first-order valence-corrected chi connectivity index (χ1v) is 12.2. The number of unbranched alkanes of at least 4 members (excludes halogenated alkanes) is 11. The van der Waals surface area contributed by atoms with Gasteiger partial charge in [0.1, 0.15) is 0 Å². The summed E-state index contributed by atoms with van der Waals surface area (Å²) < 4.78 is 2.77. The SMILES string of the molecule is CCCCCCCCNCC(O)CCCCCCCCCn1c(=O)ccn(C)c1=O. The molecule has 2 N–H and O–H groups in total. The molecule has 0 aliphatic carbocycles. The summed E-state index contributed by atoms with van der Waals surface area (Å²) in [6.45, 7) is 4.48. The fraction of sp³-hybridized carbons (Fsp3) is 0.833. The molecular weight excluding hydrogens is 378 g/mol. The van der Waals surface area contributed by atoms with Crippen molar-refractivity contribution in [3.8, 4) is 0 Å². The highest BCUT2D eigenvalue weighted by Crippen LogP contribution is 2.10. The Morgan fingerprint density at radius 1 is 0.900 bits per heavy atom. The maximum Gasteiger partial charge on any atom is 0.330 e. The minimum atomic E-state index is -0.234. The standard InChI is InChI=1S/C24H45N3O3/c1-3-4-5-6-11-14-18-25-21-22(28)16-13-10-8-7-9-12-15-19-27-23(29)17-20-26(2)24(27)30/h17,20,22,25,28H,3-16,18-19,21H2,1-2H3. The van der Waals surface area contributed by atoms with Gasteiger partial charge >= 0.3 is 5.69 Å². The van der Waals surface area contributed by atoms with Crippen LogP contribution < -0.4 is 16.6 Å². The highest BCUT2D eigenvalue weighted by Gasteiger charge is 2.04. The molecule has 0 amide bonds. The molecule has 1 rings (SSSR count). The van der Waals surface area contributed by atoms with E-state index in [1.54, 1.807) is 7.05 Å². The molecule has 1 aromatic heterocycles. The molecule has 6 nitrogen and oxygen atoms in total. The van der Waals surface area contributed by atoms with Crippen molar-refractivity contribution in [2.24, 2.45) is 7.05 Å². The Balaban J connectivity index is 1.91. The lowest BCUT2D eigenvalue weighted by atomic mass is 10.1. The fourth-order valence-electron chi connectivity index (χ4n) is 3.75. The van der Waals surface area contributed by atoms with Gasteiger partial charge in [0.15, 0.2) is 0 Å². The van der Waals surface area contributed by atoms with Crippen LogP contribution in [-0.2, 0) is 13.6 Å². The van der Waals surface area contributed by atoms with Crippen LogP contribution in [0.1, 0.15) is 96.8 Å². The van der Waals surface area contributed by atoms with Crippen molar-refractivity contribution in [1.82, 2.24) is 14.5 Å². The van der Waals surface area contributed by atoms with Gasteiger partial charge in [-0.15, -0.1) is 0 Å². The van der Waals surface area contributed by atoms with Crippen LogP contribution in [0.25, 0.3) is 0 Å². The van der Waals surface area contributed by atoms with Gasteiger partial charge in [0, 0.05) is 32.4 Å². The molecule has 6 heteroatoms. The van der Waals surface area contributed by atoms with Crippen molar-refractivity contribution in [2.75, 3.05) is 13.1 Å². The predicted octanol–water partition coefficient (Wildman–Crippen LogP) is 3.98. The second-order valence-electron chi connectivity index (χ2n) is 8.59. The summed E-state index contributed by atoms with van der Waals surface area (Å²) in [5, 5.41) is 13.4. The highest BCUT2D eigenvalue weighted by atomic mass is 16.3. The van der Waals surface area contributed by atoms with Crippen molar-refractivity contribution in [3.05, 3.63) is 33.1 Å². The Bertz CT molecular complexity index is 654. The zero-order valence-corrected chi connectivity index (χ0v) is 19.4. The van der Waals surface area contributed by atoms with E-state index in [1.807, 2.05) is 0 Å². The van der Waals surface area contributed by atoms with Crippen molar-refractivity contribution < 1.29 is 5.11 Å². The normalized spacial score (nSPS) is 12.4. The molecule has 0 radical (unpaired) electrons. The summed E-state index contributed by atoms with van der Waals surface area (Å²) in [7, 11) is 1.67. The van der Waals surface area contributed by atoms with Crippen molar-refractivity contribution >= 4 is 0 Å². The van der Waals surface area contributed by atoms with E-state index < -0.39 is 0 Å². The van der Waals surface area contributed by atoms with Gasteiger partial charge in [0.2, 0.25) is 0 Å². The maximum atomic E-state index is 11.9. The van der Waals surface area contributed by atoms with Gasteiger partial charge in [0.05, 0.1) is 6.10 Å². The third-order valence-electron chi connectivity index (χ3n) is 5.75. The summed E-state index contributed by atoms with van der Waals surface area (Å²) in [6.07, 6.45) is 17.6. The molecule has 0 spiro atoms. The van der Waals surface area contributed by atoms with Gasteiger partial charge < -0.3 is 15.0 Å². The minimum absolute atomic E-state index is 0.210. The maximum absolute atomic E-state index is 11.9. The Hall–Kier alpha value is -1.40. The van der Waals surface area contributed by atoms with Gasteiger partial charge in [-0.25, -0.2) is 4.79 Å². The number of hydrogen-bond acceptors (Lipinski definition) is 4. The molecule has 0 fully saturated rings. The Morgan fingerprint density at radius 3 is 2.20 bits per heavy atom. The van der Waals surface area contributed by atoms with Gasteiger partial charge in [-0.05, 0) is 25.8 Å². The molecule has 30 heavy (non-hydrogen) atoms. The monoisotopic (exact) mass is 423 g/mol. The van der Waals surface area contributed by atoms with E-state index in [-0.39, 0.29) is 17.4 Å². The minimum Gasteiger partial charge on any atom is -0.392 e. The van der Waals surface area contributed by atoms with E-state index in [0.29, 0.717) is 13.1 Å². The third kappa shape index (κ3) is 12.3. The van der Waals surface area contributed by atoms with Crippen LogP contribution in [-0.4, -0.2) is 33.4 Å². The average Bonchev–Trinajstić information content (AvgIpc) is 2.73.